The second kappa shape index (κ2) is 5.78. The Hall–Kier alpha value is -1.63. The summed E-state index contributed by atoms with van der Waals surface area (Å²) >= 11 is 17.0. The van der Waals surface area contributed by atoms with E-state index < -0.39 is 22.3 Å². The van der Waals surface area contributed by atoms with Crippen LogP contribution in [-0.4, -0.2) is 9.91 Å². The molecule has 0 aliphatic rings. The van der Waals surface area contributed by atoms with E-state index in [-0.39, 0.29) is 20.8 Å². The minimum Gasteiger partial charge on any atom is -0.429 e. The number of nitro groups is 1. The molecule has 0 aliphatic carbocycles. The van der Waals surface area contributed by atoms with Gasteiger partial charge in [-0.1, -0.05) is 34.8 Å². The summed E-state index contributed by atoms with van der Waals surface area (Å²) in [5, 5.41) is 11.0. The smallest absolute Gasteiger partial charge is 0.313 e. The number of nitrogens with zero attached hydrogens (tertiary/aromatic N) is 2. The summed E-state index contributed by atoms with van der Waals surface area (Å²) in [5.41, 5.74) is -0.462. The molecule has 0 N–H and O–H groups in total. The fraction of sp³-hybridized carbons (Fsp3) is 0. The number of halogens is 4. The summed E-state index contributed by atoms with van der Waals surface area (Å²) in [6.07, 6.45) is 1.14. The summed E-state index contributed by atoms with van der Waals surface area (Å²) in [5.74, 6) is -1.60. The molecule has 0 atom stereocenters. The molecule has 1 aromatic heterocycles. The van der Waals surface area contributed by atoms with Gasteiger partial charge in [0.1, 0.15) is 0 Å². The predicted octanol–water partition coefficient (Wildman–Crippen LogP) is 4.88. The van der Waals surface area contributed by atoms with Crippen molar-refractivity contribution in [1.29, 1.82) is 0 Å². The number of hydrogen-bond acceptors (Lipinski definition) is 4. The second-order valence-corrected chi connectivity index (χ2v) is 4.78. The first-order valence-corrected chi connectivity index (χ1v) is 6.14. The van der Waals surface area contributed by atoms with Crippen molar-refractivity contribution in [2.75, 3.05) is 0 Å². The van der Waals surface area contributed by atoms with Crippen LogP contribution in [0.1, 0.15) is 0 Å². The van der Waals surface area contributed by atoms with E-state index in [0.29, 0.717) is 0 Å². The first kappa shape index (κ1) is 14.8. The Morgan fingerprint density at radius 2 is 1.85 bits per heavy atom. The molecule has 2 rings (SSSR count). The van der Waals surface area contributed by atoms with Crippen LogP contribution >= 0.6 is 34.8 Å². The van der Waals surface area contributed by atoms with Crippen molar-refractivity contribution in [1.82, 2.24) is 4.98 Å². The van der Waals surface area contributed by atoms with Gasteiger partial charge in [-0.05, 0) is 6.07 Å². The van der Waals surface area contributed by atoms with Gasteiger partial charge in [0, 0.05) is 18.3 Å². The predicted molar refractivity (Wildman–Crippen MR) is 72.4 cm³/mol. The maximum atomic E-state index is 13.5. The maximum absolute atomic E-state index is 13.5. The van der Waals surface area contributed by atoms with E-state index in [1.54, 1.807) is 0 Å². The zero-order chi connectivity index (χ0) is 14.9. The average Bonchev–Trinajstić information content (AvgIpc) is 2.36. The lowest BCUT2D eigenvalue weighted by atomic mass is 10.3. The Labute approximate surface area is 127 Å². The van der Waals surface area contributed by atoms with E-state index in [0.717, 1.165) is 24.4 Å². The zero-order valence-corrected chi connectivity index (χ0v) is 11.7. The Kier molecular flexibility index (Phi) is 4.27. The normalized spacial score (nSPS) is 10.4. The maximum Gasteiger partial charge on any atom is 0.313 e. The third-order valence-corrected chi connectivity index (χ3v) is 3.11. The van der Waals surface area contributed by atoms with Crippen LogP contribution in [0, 0.1) is 15.9 Å². The Balaban J connectivity index is 2.47. The summed E-state index contributed by atoms with van der Waals surface area (Å²) in [7, 11) is 0. The molecule has 104 valence electrons. The summed E-state index contributed by atoms with van der Waals surface area (Å²) < 4.78 is 18.6. The molecule has 0 amide bonds. The molecular formula is C11H4Cl3FN2O3. The lowest BCUT2D eigenvalue weighted by Crippen LogP contribution is -1.97. The fourth-order valence-electron chi connectivity index (χ4n) is 1.32. The monoisotopic (exact) mass is 336 g/mol. The third-order valence-electron chi connectivity index (χ3n) is 2.18. The molecule has 1 heterocycles. The highest BCUT2D eigenvalue weighted by atomic mass is 35.5. The van der Waals surface area contributed by atoms with Gasteiger partial charge in [-0.25, -0.2) is 9.37 Å². The Morgan fingerprint density at radius 3 is 2.45 bits per heavy atom. The topological polar surface area (TPSA) is 65.3 Å². The SMILES string of the molecule is O=[N+]([O-])c1cc(Cl)c(Cl)cc1Oc1ncc(Cl)cc1F. The van der Waals surface area contributed by atoms with Gasteiger partial charge in [0.2, 0.25) is 5.75 Å². The molecule has 0 fully saturated rings. The molecule has 2 aromatic rings. The van der Waals surface area contributed by atoms with Gasteiger partial charge in [-0.2, -0.15) is 0 Å². The van der Waals surface area contributed by atoms with Crippen LogP contribution in [0.15, 0.2) is 24.4 Å². The number of pyridine rings is 1. The first-order valence-electron chi connectivity index (χ1n) is 5.01. The van der Waals surface area contributed by atoms with Crippen LogP contribution in [0.5, 0.6) is 11.6 Å². The van der Waals surface area contributed by atoms with Crippen molar-refractivity contribution in [2.45, 2.75) is 0 Å². The molecule has 5 nitrogen and oxygen atoms in total. The quantitative estimate of drug-likeness (QED) is 0.591. The van der Waals surface area contributed by atoms with Crippen molar-refractivity contribution in [3.8, 4) is 11.6 Å². The molecule has 0 saturated heterocycles. The highest BCUT2D eigenvalue weighted by Gasteiger charge is 2.20. The molecule has 0 spiro atoms. The molecule has 0 saturated carbocycles. The number of ether oxygens (including phenoxy) is 1. The van der Waals surface area contributed by atoms with Crippen molar-refractivity contribution in [3.63, 3.8) is 0 Å². The van der Waals surface area contributed by atoms with Crippen LogP contribution in [-0.2, 0) is 0 Å². The summed E-state index contributed by atoms with van der Waals surface area (Å²) in [6, 6.07) is 3.08. The van der Waals surface area contributed by atoms with E-state index >= 15 is 0 Å². The number of rotatable bonds is 3. The number of hydrogen-bond donors (Lipinski definition) is 0. The van der Waals surface area contributed by atoms with Gasteiger partial charge >= 0.3 is 5.69 Å². The van der Waals surface area contributed by atoms with Gasteiger partial charge in [0.25, 0.3) is 5.88 Å². The minimum absolute atomic E-state index is 0.0183. The fourth-order valence-corrected chi connectivity index (χ4v) is 1.78. The number of benzene rings is 1. The summed E-state index contributed by atoms with van der Waals surface area (Å²) in [4.78, 5) is 13.8. The van der Waals surface area contributed by atoms with Crippen molar-refractivity contribution < 1.29 is 14.1 Å². The lowest BCUT2D eigenvalue weighted by molar-refractivity contribution is -0.385. The Bertz CT molecular complexity index is 697. The molecule has 0 unspecified atom stereocenters. The van der Waals surface area contributed by atoms with Crippen LogP contribution < -0.4 is 4.74 Å². The van der Waals surface area contributed by atoms with Gasteiger partial charge in [0.05, 0.1) is 20.0 Å². The highest BCUT2D eigenvalue weighted by Crippen LogP contribution is 2.38. The van der Waals surface area contributed by atoms with Gasteiger partial charge in [-0.3, -0.25) is 10.1 Å². The van der Waals surface area contributed by atoms with Crippen LogP contribution in [0.25, 0.3) is 0 Å². The molecule has 0 bridgehead atoms. The largest absolute Gasteiger partial charge is 0.429 e. The Morgan fingerprint density at radius 1 is 1.20 bits per heavy atom. The van der Waals surface area contributed by atoms with E-state index in [4.69, 9.17) is 39.5 Å². The molecule has 20 heavy (non-hydrogen) atoms. The van der Waals surface area contributed by atoms with Gasteiger partial charge in [0.15, 0.2) is 5.82 Å². The third kappa shape index (κ3) is 3.09. The average molecular weight is 338 g/mol. The van der Waals surface area contributed by atoms with E-state index in [9.17, 15) is 14.5 Å². The van der Waals surface area contributed by atoms with E-state index in [1.165, 1.54) is 0 Å². The van der Waals surface area contributed by atoms with Crippen LogP contribution in [0.3, 0.4) is 0 Å². The molecular weight excluding hydrogens is 333 g/mol. The van der Waals surface area contributed by atoms with Crippen molar-refractivity contribution in [3.05, 3.63) is 55.4 Å². The highest BCUT2D eigenvalue weighted by molar-refractivity contribution is 6.42. The lowest BCUT2D eigenvalue weighted by Gasteiger charge is -2.07. The second-order valence-electron chi connectivity index (χ2n) is 3.53. The molecule has 0 aliphatic heterocycles. The standard InChI is InChI=1S/C11H4Cl3FN2O3/c12-5-1-8(15)11(16-4-5)20-10-3-7(14)6(13)2-9(10)17(18)19/h1-4H. The first-order chi connectivity index (χ1) is 9.38. The van der Waals surface area contributed by atoms with Gasteiger partial charge in [-0.15, -0.1) is 0 Å². The van der Waals surface area contributed by atoms with Crippen LogP contribution in [0.4, 0.5) is 10.1 Å². The van der Waals surface area contributed by atoms with Crippen molar-refractivity contribution in [2.24, 2.45) is 0 Å². The minimum atomic E-state index is -0.863. The summed E-state index contributed by atoms with van der Waals surface area (Å²) in [6.45, 7) is 0. The molecule has 1 aromatic carbocycles. The number of aromatic nitrogens is 1. The van der Waals surface area contributed by atoms with Gasteiger partial charge < -0.3 is 4.74 Å². The van der Waals surface area contributed by atoms with E-state index in [1.807, 2.05) is 0 Å². The zero-order valence-electron chi connectivity index (χ0n) is 9.44. The number of nitro benzene ring substituents is 1. The molecule has 0 radical (unpaired) electrons. The van der Waals surface area contributed by atoms with E-state index in [2.05, 4.69) is 4.98 Å². The van der Waals surface area contributed by atoms with Crippen molar-refractivity contribution >= 4 is 40.5 Å². The van der Waals surface area contributed by atoms with Crippen LogP contribution in [0.2, 0.25) is 15.1 Å². The molecule has 9 heteroatoms.